The minimum atomic E-state index is 0.376. The van der Waals surface area contributed by atoms with Gasteiger partial charge in [0.15, 0.2) is 0 Å². The van der Waals surface area contributed by atoms with Gasteiger partial charge in [-0.15, -0.1) is 0 Å². The van der Waals surface area contributed by atoms with Gasteiger partial charge in [0, 0.05) is 18.4 Å². The Morgan fingerprint density at radius 1 is 1.26 bits per heavy atom. The quantitative estimate of drug-likeness (QED) is 0.834. The molecule has 0 aliphatic rings. The minimum absolute atomic E-state index is 0.376. The number of aryl methyl sites for hydroxylation is 1. The number of nitrogens with zero attached hydrogens (tertiary/aromatic N) is 5. The van der Waals surface area contributed by atoms with E-state index < -0.39 is 0 Å². The predicted molar refractivity (Wildman–Crippen MR) is 72.4 cm³/mol. The molecule has 2 rings (SSSR count). The van der Waals surface area contributed by atoms with Gasteiger partial charge in [-0.1, -0.05) is 6.07 Å². The van der Waals surface area contributed by atoms with Crippen molar-refractivity contribution in [2.45, 2.75) is 20.4 Å². The Hall–Kier alpha value is -2.48. The molecule has 0 aromatic carbocycles. The third-order valence-electron chi connectivity index (χ3n) is 2.72. The van der Waals surface area contributed by atoms with Crippen LogP contribution in [0.5, 0.6) is 0 Å². The van der Waals surface area contributed by atoms with Crippen LogP contribution in [-0.2, 0) is 6.54 Å². The highest BCUT2D eigenvalue weighted by atomic mass is 15.2. The topological polar surface area (TPSA) is 65.7 Å². The molecule has 96 valence electrons. The summed E-state index contributed by atoms with van der Waals surface area (Å²) in [5, 5.41) is 8.87. The second-order valence-electron chi connectivity index (χ2n) is 4.14. The van der Waals surface area contributed by atoms with Crippen LogP contribution in [0.25, 0.3) is 0 Å². The molecular weight excluding hydrogens is 238 g/mol. The van der Waals surface area contributed by atoms with E-state index in [4.69, 9.17) is 5.26 Å². The first kappa shape index (κ1) is 13.0. The Morgan fingerprint density at radius 2 is 2.11 bits per heavy atom. The van der Waals surface area contributed by atoms with Crippen LogP contribution in [0.2, 0.25) is 0 Å². The molecule has 0 bridgehead atoms. The van der Waals surface area contributed by atoms with Crippen molar-refractivity contribution in [3.63, 3.8) is 0 Å². The molecule has 0 spiro atoms. The van der Waals surface area contributed by atoms with Crippen molar-refractivity contribution in [3.05, 3.63) is 47.5 Å². The highest BCUT2D eigenvalue weighted by Crippen LogP contribution is 2.11. The van der Waals surface area contributed by atoms with Gasteiger partial charge in [-0.2, -0.15) is 5.26 Å². The molecule has 2 aromatic rings. The molecular formula is C14H15N5. The van der Waals surface area contributed by atoms with E-state index >= 15 is 0 Å². The van der Waals surface area contributed by atoms with Gasteiger partial charge >= 0.3 is 0 Å². The fourth-order valence-electron chi connectivity index (χ4n) is 1.77. The van der Waals surface area contributed by atoms with Crippen LogP contribution in [0.4, 0.5) is 5.95 Å². The van der Waals surface area contributed by atoms with Gasteiger partial charge in [-0.25, -0.2) is 9.97 Å². The summed E-state index contributed by atoms with van der Waals surface area (Å²) in [6, 6.07) is 9.55. The fourth-order valence-corrected chi connectivity index (χ4v) is 1.77. The Kier molecular flexibility index (Phi) is 4.04. The summed E-state index contributed by atoms with van der Waals surface area (Å²) in [5.41, 5.74) is 2.33. The lowest BCUT2D eigenvalue weighted by atomic mass is 10.3. The Bertz CT molecular complexity index is 603. The normalized spacial score (nSPS) is 9.95. The summed E-state index contributed by atoms with van der Waals surface area (Å²) >= 11 is 0. The van der Waals surface area contributed by atoms with E-state index in [1.165, 1.54) is 0 Å². The molecule has 0 radical (unpaired) electrons. The van der Waals surface area contributed by atoms with Gasteiger partial charge in [0.05, 0.1) is 12.2 Å². The predicted octanol–water partition coefficient (Wildman–Crippen LogP) is 2.08. The molecule has 0 unspecified atom stereocenters. The SMILES string of the molecule is CCN(Cc1cccc(C)n1)c1nccc(C#N)n1. The van der Waals surface area contributed by atoms with Crippen LogP contribution >= 0.6 is 0 Å². The van der Waals surface area contributed by atoms with Gasteiger partial charge in [0.2, 0.25) is 5.95 Å². The first-order valence-corrected chi connectivity index (χ1v) is 6.13. The second-order valence-corrected chi connectivity index (χ2v) is 4.14. The second kappa shape index (κ2) is 5.91. The number of anilines is 1. The van der Waals surface area contributed by atoms with Gasteiger partial charge in [-0.05, 0) is 32.0 Å². The highest BCUT2D eigenvalue weighted by Gasteiger charge is 2.09. The molecule has 0 saturated carbocycles. The molecule has 0 aliphatic carbocycles. The zero-order valence-electron chi connectivity index (χ0n) is 11.0. The molecule has 2 aromatic heterocycles. The number of hydrogen-bond acceptors (Lipinski definition) is 5. The Balaban J connectivity index is 2.22. The van der Waals surface area contributed by atoms with Gasteiger partial charge in [0.25, 0.3) is 0 Å². The van der Waals surface area contributed by atoms with E-state index in [-0.39, 0.29) is 0 Å². The van der Waals surface area contributed by atoms with Crippen molar-refractivity contribution in [2.75, 3.05) is 11.4 Å². The zero-order valence-corrected chi connectivity index (χ0v) is 11.0. The van der Waals surface area contributed by atoms with Gasteiger partial charge < -0.3 is 4.90 Å². The average molecular weight is 253 g/mol. The molecule has 19 heavy (non-hydrogen) atoms. The average Bonchev–Trinajstić information content (AvgIpc) is 2.45. The van der Waals surface area contributed by atoms with Crippen LogP contribution in [0.1, 0.15) is 24.0 Å². The van der Waals surface area contributed by atoms with E-state index in [9.17, 15) is 0 Å². The van der Waals surface area contributed by atoms with Crippen LogP contribution < -0.4 is 4.90 Å². The number of aromatic nitrogens is 3. The molecule has 0 saturated heterocycles. The number of pyridine rings is 1. The first-order chi connectivity index (χ1) is 9.22. The highest BCUT2D eigenvalue weighted by molar-refractivity contribution is 5.34. The summed E-state index contributed by atoms with van der Waals surface area (Å²) in [7, 11) is 0. The fraction of sp³-hybridized carbons (Fsp3) is 0.286. The number of rotatable bonds is 4. The van der Waals surface area contributed by atoms with E-state index in [1.54, 1.807) is 12.3 Å². The molecule has 2 heterocycles. The summed E-state index contributed by atoms with van der Waals surface area (Å²) in [6.45, 7) is 5.38. The van der Waals surface area contributed by atoms with Crippen LogP contribution in [0, 0.1) is 18.3 Å². The van der Waals surface area contributed by atoms with Crippen molar-refractivity contribution in [3.8, 4) is 6.07 Å². The van der Waals surface area contributed by atoms with Crippen LogP contribution in [0.15, 0.2) is 30.5 Å². The molecule has 0 N–H and O–H groups in total. The molecule has 0 atom stereocenters. The van der Waals surface area contributed by atoms with Crippen molar-refractivity contribution in [1.82, 2.24) is 15.0 Å². The third kappa shape index (κ3) is 3.26. The Morgan fingerprint density at radius 3 is 2.79 bits per heavy atom. The van der Waals surface area contributed by atoms with Crippen LogP contribution in [-0.4, -0.2) is 21.5 Å². The number of nitriles is 1. The smallest absolute Gasteiger partial charge is 0.226 e. The molecule has 0 aliphatic heterocycles. The summed E-state index contributed by atoms with van der Waals surface area (Å²) in [6.07, 6.45) is 1.60. The lowest BCUT2D eigenvalue weighted by Gasteiger charge is -2.20. The van der Waals surface area contributed by atoms with Crippen molar-refractivity contribution in [2.24, 2.45) is 0 Å². The van der Waals surface area contributed by atoms with Gasteiger partial charge in [0.1, 0.15) is 11.8 Å². The number of hydrogen-bond donors (Lipinski definition) is 0. The van der Waals surface area contributed by atoms with E-state index in [2.05, 4.69) is 15.0 Å². The monoisotopic (exact) mass is 253 g/mol. The zero-order chi connectivity index (χ0) is 13.7. The largest absolute Gasteiger partial charge is 0.335 e. The molecule has 0 fully saturated rings. The van der Waals surface area contributed by atoms with Crippen LogP contribution in [0.3, 0.4) is 0 Å². The molecule has 5 nitrogen and oxygen atoms in total. The standard InChI is InChI=1S/C14H15N5/c1-3-19(10-13-6-4-5-11(2)17-13)14-16-8-7-12(9-15)18-14/h4-8H,3,10H2,1-2H3. The molecule has 0 amide bonds. The summed E-state index contributed by atoms with van der Waals surface area (Å²) in [5.74, 6) is 0.560. The van der Waals surface area contributed by atoms with Crippen molar-refractivity contribution < 1.29 is 0 Å². The maximum atomic E-state index is 8.87. The van der Waals surface area contributed by atoms with E-state index in [0.717, 1.165) is 17.9 Å². The summed E-state index contributed by atoms with van der Waals surface area (Å²) < 4.78 is 0. The van der Waals surface area contributed by atoms with E-state index in [0.29, 0.717) is 18.2 Å². The summed E-state index contributed by atoms with van der Waals surface area (Å²) in [4.78, 5) is 14.9. The first-order valence-electron chi connectivity index (χ1n) is 6.13. The maximum absolute atomic E-state index is 8.87. The minimum Gasteiger partial charge on any atom is -0.335 e. The Labute approximate surface area is 112 Å². The molecule has 5 heteroatoms. The maximum Gasteiger partial charge on any atom is 0.226 e. The van der Waals surface area contributed by atoms with Crippen molar-refractivity contribution in [1.29, 1.82) is 5.26 Å². The van der Waals surface area contributed by atoms with E-state index in [1.807, 2.05) is 43.0 Å². The van der Waals surface area contributed by atoms with Crippen molar-refractivity contribution >= 4 is 5.95 Å². The lowest BCUT2D eigenvalue weighted by Crippen LogP contribution is -2.25. The third-order valence-corrected chi connectivity index (χ3v) is 2.72. The van der Waals surface area contributed by atoms with Gasteiger partial charge in [-0.3, -0.25) is 4.98 Å². The lowest BCUT2D eigenvalue weighted by molar-refractivity contribution is 0.770.